The van der Waals surface area contributed by atoms with Crippen LogP contribution in [0.25, 0.3) is 0 Å². The average Bonchev–Trinajstić information content (AvgIpc) is 2.23. The summed E-state index contributed by atoms with van der Waals surface area (Å²) in [5.74, 6) is -0.201. The van der Waals surface area contributed by atoms with Crippen molar-refractivity contribution in [2.24, 2.45) is 5.92 Å². The van der Waals surface area contributed by atoms with Gasteiger partial charge >= 0.3 is 12.1 Å². The molecule has 0 aliphatic heterocycles. The molecule has 0 saturated heterocycles. The molecule has 0 aliphatic rings. The van der Waals surface area contributed by atoms with Gasteiger partial charge in [0.2, 0.25) is 0 Å². The molecule has 0 radical (unpaired) electrons. The number of hydrogen-bond donors (Lipinski definition) is 1. The maximum absolute atomic E-state index is 11.3. The molecule has 0 heterocycles. The lowest BCUT2D eigenvalue weighted by Crippen LogP contribution is -2.42. The molecule has 0 unspecified atom stereocenters. The van der Waals surface area contributed by atoms with Crippen molar-refractivity contribution in [3.8, 4) is 0 Å². The molecule has 0 bridgehead atoms. The van der Waals surface area contributed by atoms with Crippen LogP contribution in [-0.2, 0) is 14.3 Å². The fraction of sp³-hybridized carbons (Fsp3) is 0.636. The Balaban J connectivity index is 4.24. The Morgan fingerprint density at radius 3 is 2.50 bits per heavy atom. The van der Waals surface area contributed by atoms with Gasteiger partial charge in [0.15, 0.2) is 0 Å². The van der Waals surface area contributed by atoms with E-state index < -0.39 is 18.1 Å². The van der Waals surface area contributed by atoms with Gasteiger partial charge in [0.1, 0.15) is 12.6 Å². The lowest BCUT2D eigenvalue weighted by Gasteiger charge is -2.17. The number of esters is 1. The zero-order valence-electron chi connectivity index (χ0n) is 9.99. The first-order valence-electron chi connectivity index (χ1n) is 5.13. The number of alkyl carbamates (subject to hydrolysis) is 1. The maximum atomic E-state index is 11.3. The van der Waals surface area contributed by atoms with E-state index in [9.17, 15) is 9.59 Å². The second kappa shape index (κ2) is 7.73. The van der Waals surface area contributed by atoms with E-state index in [2.05, 4.69) is 16.6 Å². The van der Waals surface area contributed by atoms with Gasteiger partial charge in [-0.15, -0.1) is 0 Å². The van der Waals surface area contributed by atoms with E-state index in [0.29, 0.717) is 6.42 Å². The molecule has 0 rings (SSSR count). The van der Waals surface area contributed by atoms with Crippen LogP contribution in [0.15, 0.2) is 12.7 Å². The highest BCUT2D eigenvalue weighted by molar-refractivity contribution is 5.81. The van der Waals surface area contributed by atoms with Gasteiger partial charge < -0.3 is 14.8 Å². The van der Waals surface area contributed by atoms with Crippen molar-refractivity contribution in [2.45, 2.75) is 26.3 Å². The zero-order chi connectivity index (χ0) is 12.6. The number of hydrogen-bond acceptors (Lipinski definition) is 4. The summed E-state index contributed by atoms with van der Waals surface area (Å²) in [4.78, 5) is 22.6. The summed E-state index contributed by atoms with van der Waals surface area (Å²) in [5.41, 5.74) is 0. The molecule has 16 heavy (non-hydrogen) atoms. The van der Waals surface area contributed by atoms with E-state index in [-0.39, 0.29) is 12.5 Å². The van der Waals surface area contributed by atoms with Crippen molar-refractivity contribution in [3.63, 3.8) is 0 Å². The number of ether oxygens (including phenoxy) is 2. The molecular weight excluding hydrogens is 210 g/mol. The van der Waals surface area contributed by atoms with Crippen LogP contribution >= 0.6 is 0 Å². The predicted molar refractivity (Wildman–Crippen MR) is 59.9 cm³/mol. The number of carbonyl (C=O) groups excluding carboxylic acids is 2. The number of amides is 1. The molecule has 5 heteroatoms. The number of rotatable bonds is 6. The van der Waals surface area contributed by atoms with Crippen LogP contribution in [0.2, 0.25) is 0 Å². The summed E-state index contributed by atoms with van der Waals surface area (Å²) in [6, 6.07) is -0.665. The lowest BCUT2D eigenvalue weighted by atomic mass is 10.0. The lowest BCUT2D eigenvalue weighted by molar-refractivity contribution is -0.143. The summed E-state index contributed by atoms with van der Waals surface area (Å²) in [5, 5.41) is 2.45. The maximum Gasteiger partial charge on any atom is 0.408 e. The zero-order valence-corrected chi connectivity index (χ0v) is 9.99. The molecule has 1 atom stereocenters. The second-order valence-electron chi connectivity index (χ2n) is 3.74. The molecule has 5 nitrogen and oxygen atoms in total. The predicted octanol–water partition coefficient (Wildman–Crippen LogP) is 1.49. The third-order valence-electron chi connectivity index (χ3n) is 1.82. The minimum Gasteiger partial charge on any atom is -0.467 e. The van der Waals surface area contributed by atoms with Gasteiger partial charge in [-0.25, -0.2) is 9.59 Å². The fourth-order valence-corrected chi connectivity index (χ4v) is 1.15. The average molecular weight is 229 g/mol. The van der Waals surface area contributed by atoms with Gasteiger partial charge in [-0.05, 0) is 12.3 Å². The first-order chi connectivity index (χ1) is 7.51. The van der Waals surface area contributed by atoms with Crippen molar-refractivity contribution >= 4 is 12.1 Å². The molecule has 92 valence electrons. The summed E-state index contributed by atoms with van der Waals surface area (Å²) in [6.07, 6.45) is 1.32. The minimum atomic E-state index is -0.665. The monoisotopic (exact) mass is 229 g/mol. The summed E-state index contributed by atoms with van der Waals surface area (Å²) in [7, 11) is 1.28. The van der Waals surface area contributed by atoms with Crippen LogP contribution < -0.4 is 5.32 Å². The smallest absolute Gasteiger partial charge is 0.408 e. The van der Waals surface area contributed by atoms with Crippen LogP contribution in [0.3, 0.4) is 0 Å². The Morgan fingerprint density at radius 1 is 1.44 bits per heavy atom. The highest BCUT2D eigenvalue weighted by atomic mass is 16.6. The first-order valence-corrected chi connectivity index (χ1v) is 5.13. The van der Waals surface area contributed by atoms with Crippen molar-refractivity contribution in [3.05, 3.63) is 12.7 Å². The summed E-state index contributed by atoms with van der Waals surface area (Å²) >= 11 is 0. The van der Waals surface area contributed by atoms with Gasteiger partial charge in [-0.2, -0.15) is 0 Å². The van der Waals surface area contributed by atoms with E-state index in [0.717, 1.165) is 0 Å². The van der Waals surface area contributed by atoms with Crippen LogP contribution in [0.1, 0.15) is 20.3 Å². The second-order valence-corrected chi connectivity index (χ2v) is 3.74. The molecule has 0 spiro atoms. The van der Waals surface area contributed by atoms with Gasteiger partial charge in [-0.1, -0.05) is 26.5 Å². The molecule has 0 aromatic carbocycles. The Bertz CT molecular complexity index is 250. The van der Waals surface area contributed by atoms with Crippen molar-refractivity contribution in [1.29, 1.82) is 0 Å². The largest absolute Gasteiger partial charge is 0.467 e. The number of methoxy groups -OCH3 is 1. The van der Waals surface area contributed by atoms with Crippen LogP contribution in [0.5, 0.6) is 0 Å². The first kappa shape index (κ1) is 14.5. The SMILES string of the molecule is C=CCOC(=O)N[C@@H](CC(C)C)C(=O)OC. The van der Waals surface area contributed by atoms with Crippen LogP contribution in [0, 0.1) is 5.92 Å². The Morgan fingerprint density at radius 2 is 2.06 bits per heavy atom. The Labute approximate surface area is 95.8 Å². The molecular formula is C11H19NO4. The van der Waals surface area contributed by atoms with Crippen molar-refractivity contribution in [1.82, 2.24) is 5.32 Å². The third-order valence-corrected chi connectivity index (χ3v) is 1.82. The molecule has 1 N–H and O–H groups in total. The Kier molecular flexibility index (Phi) is 7.00. The van der Waals surface area contributed by atoms with Gasteiger partial charge in [0.05, 0.1) is 7.11 Å². The van der Waals surface area contributed by atoms with E-state index in [4.69, 9.17) is 4.74 Å². The van der Waals surface area contributed by atoms with E-state index in [1.54, 1.807) is 0 Å². The Hall–Kier alpha value is -1.52. The number of carbonyl (C=O) groups is 2. The van der Waals surface area contributed by atoms with E-state index in [1.807, 2.05) is 13.8 Å². The normalized spacial score (nSPS) is 11.8. The molecule has 0 fully saturated rings. The number of nitrogens with one attached hydrogen (secondary N) is 1. The van der Waals surface area contributed by atoms with Crippen LogP contribution in [0.4, 0.5) is 4.79 Å². The van der Waals surface area contributed by atoms with Crippen molar-refractivity contribution < 1.29 is 19.1 Å². The quantitative estimate of drug-likeness (QED) is 0.553. The molecule has 1 amide bonds. The molecule has 0 aromatic rings. The topological polar surface area (TPSA) is 64.6 Å². The van der Waals surface area contributed by atoms with Crippen molar-refractivity contribution in [2.75, 3.05) is 13.7 Å². The summed E-state index contributed by atoms with van der Waals surface area (Å²) in [6.45, 7) is 7.43. The standard InChI is InChI=1S/C11H19NO4/c1-5-6-16-11(14)12-9(7-8(2)3)10(13)15-4/h5,8-9H,1,6-7H2,2-4H3,(H,12,14)/t9-/m0/s1. The van der Waals surface area contributed by atoms with Gasteiger partial charge in [0.25, 0.3) is 0 Å². The third kappa shape index (κ3) is 6.06. The van der Waals surface area contributed by atoms with Gasteiger partial charge in [-0.3, -0.25) is 0 Å². The fourth-order valence-electron chi connectivity index (χ4n) is 1.15. The van der Waals surface area contributed by atoms with E-state index >= 15 is 0 Å². The molecule has 0 aromatic heterocycles. The summed E-state index contributed by atoms with van der Waals surface area (Å²) < 4.78 is 9.31. The molecule has 0 aliphatic carbocycles. The van der Waals surface area contributed by atoms with E-state index in [1.165, 1.54) is 13.2 Å². The van der Waals surface area contributed by atoms with Crippen LogP contribution in [-0.4, -0.2) is 31.8 Å². The molecule has 0 saturated carbocycles. The minimum absolute atomic E-state index is 0.113. The van der Waals surface area contributed by atoms with Gasteiger partial charge in [0, 0.05) is 0 Å². The highest BCUT2D eigenvalue weighted by Gasteiger charge is 2.22. The highest BCUT2D eigenvalue weighted by Crippen LogP contribution is 2.06.